The van der Waals surface area contributed by atoms with E-state index < -0.39 is 14.2 Å². The Labute approximate surface area is 134 Å². The Morgan fingerprint density at radius 1 is 1.32 bits per heavy atom. The molecule has 22 heavy (non-hydrogen) atoms. The third-order valence-electron chi connectivity index (χ3n) is 4.23. The number of hydrogen-bond acceptors (Lipinski definition) is 4. The molecular formula is C17H25NO3Si. The van der Waals surface area contributed by atoms with Gasteiger partial charge in [-0.3, -0.25) is 4.79 Å². The van der Waals surface area contributed by atoms with Crippen LogP contribution in [0.25, 0.3) is 0 Å². The molecule has 0 saturated heterocycles. The number of nitrogens with zero attached hydrogens (tertiary/aromatic N) is 1. The Kier molecular flexibility index (Phi) is 5.42. The van der Waals surface area contributed by atoms with Crippen LogP contribution in [0.1, 0.15) is 39.2 Å². The van der Waals surface area contributed by atoms with Crippen molar-refractivity contribution in [3.8, 4) is 17.6 Å². The van der Waals surface area contributed by atoms with Gasteiger partial charge in [0.15, 0.2) is 5.78 Å². The fourth-order valence-corrected chi connectivity index (χ4v) is 2.84. The first-order chi connectivity index (χ1) is 10.0. The molecule has 1 aromatic rings. The molecule has 1 unspecified atom stereocenters. The van der Waals surface area contributed by atoms with E-state index in [0.717, 1.165) is 0 Å². The maximum Gasteiger partial charge on any atom is 0.250 e. The van der Waals surface area contributed by atoms with E-state index in [1.807, 2.05) is 12.1 Å². The van der Waals surface area contributed by atoms with E-state index in [1.54, 1.807) is 12.1 Å². The summed E-state index contributed by atoms with van der Waals surface area (Å²) in [5, 5.41) is 9.27. The van der Waals surface area contributed by atoms with Gasteiger partial charge >= 0.3 is 0 Å². The van der Waals surface area contributed by atoms with Crippen molar-refractivity contribution in [3.05, 3.63) is 23.8 Å². The molecule has 0 heterocycles. The number of ketones is 1. The number of Topliss-reactive ketones (excluding diaryl/α,β-unsaturated/α-hetero) is 1. The Hall–Kier alpha value is -1.80. The van der Waals surface area contributed by atoms with E-state index in [-0.39, 0.29) is 10.8 Å². The number of ether oxygens (including phenoxy) is 1. The Balaban J connectivity index is 3.19. The second-order valence-electron chi connectivity index (χ2n) is 6.94. The molecule has 1 atom stereocenters. The summed E-state index contributed by atoms with van der Waals surface area (Å²) in [4.78, 5) is 11.6. The van der Waals surface area contributed by atoms with Crippen LogP contribution in [0.5, 0.6) is 11.5 Å². The molecule has 0 aliphatic rings. The molecule has 120 valence electrons. The van der Waals surface area contributed by atoms with Gasteiger partial charge in [-0.2, -0.15) is 5.26 Å². The fraction of sp³-hybridized carbons (Fsp3) is 0.529. The molecule has 0 aliphatic heterocycles. The van der Waals surface area contributed by atoms with Gasteiger partial charge in [0, 0.05) is 11.6 Å². The highest BCUT2D eigenvalue weighted by molar-refractivity contribution is 6.74. The number of rotatable bonds is 5. The summed E-state index contributed by atoms with van der Waals surface area (Å²) in [6.45, 7) is 12.3. The van der Waals surface area contributed by atoms with Gasteiger partial charge in [0.25, 0.3) is 0 Å². The molecular weight excluding hydrogens is 294 g/mol. The maximum atomic E-state index is 11.6. The molecule has 5 heteroatoms. The zero-order valence-corrected chi connectivity index (χ0v) is 15.5. The van der Waals surface area contributed by atoms with E-state index in [1.165, 1.54) is 14.0 Å². The first-order valence-corrected chi connectivity index (χ1v) is 10.2. The number of nitriles is 1. The van der Waals surface area contributed by atoms with Gasteiger partial charge in [-0.25, -0.2) is 0 Å². The lowest BCUT2D eigenvalue weighted by Crippen LogP contribution is -2.43. The number of carbonyl (C=O) groups is 1. The molecule has 0 aromatic heterocycles. The maximum absolute atomic E-state index is 11.6. The zero-order chi connectivity index (χ0) is 17.1. The molecule has 0 bridgehead atoms. The molecule has 0 N–H and O–H groups in total. The van der Waals surface area contributed by atoms with Crippen molar-refractivity contribution < 1.29 is 14.0 Å². The molecule has 4 nitrogen and oxygen atoms in total. The first-order valence-electron chi connectivity index (χ1n) is 7.30. The standard InChI is InChI=1S/C17H25NO3Si/c1-12(19)15(11-18)14-9-8-13(10-16(14)20-5)21-22(6,7)17(2,3)4/h8-10,15H,1-7H3. The van der Waals surface area contributed by atoms with E-state index in [2.05, 4.69) is 33.9 Å². The minimum atomic E-state index is -1.94. The molecule has 0 saturated carbocycles. The summed E-state index contributed by atoms with van der Waals surface area (Å²) in [5.41, 5.74) is 0.583. The fourth-order valence-electron chi connectivity index (χ4n) is 1.82. The van der Waals surface area contributed by atoms with Crippen LogP contribution in [0.15, 0.2) is 18.2 Å². The van der Waals surface area contributed by atoms with Crippen LogP contribution in [0.2, 0.25) is 18.1 Å². The van der Waals surface area contributed by atoms with Gasteiger partial charge in [-0.1, -0.05) is 20.8 Å². The summed E-state index contributed by atoms with van der Waals surface area (Å²) in [6, 6.07) is 7.35. The summed E-state index contributed by atoms with van der Waals surface area (Å²) in [7, 11) is -0.412. The third kappa shape index (κ3) is 3.89. The molecule has 0 amide bonds. The topological polar surface area (TPSA) is 59.3 Å². The lowest BCUT2D eigenvalue weighted by molar-refractivity contribution is -0.117. The second-order valence-corrected chi connectivity index (χ2v) is 11.7. The number of benzene rings is 1. The smallest absolute Gasteiger partial charge is 0.250 e. The van der Waals surface area contributed by atoms with Gasteiger partial charge in [-0.05, 0) is 37.2 Å². The van der Waals surface area contributed by atoms with Crippen LogP contribution in [0.3, 0.4) is 0 Å². The van der Waals surface area contributed by atoms with Crippen LogP contribution in [-0.4, -0.2) is 21.2 Å². The predicted octanol–water partition coefficient (Wildman–Crippen LogP) is 4.28. The van der Waals surface area contributed by atoms with Crippen molar-refractivity contribution in [2.45, 2.75) is 51.7 Å². The predicted molar refractivity (Wildman–Crippen MR) is 89.9 cm³/mol. The molecule has 1 rings (SSSR count). The van der Waals surface area contributed by atoms with Crippen LogP contribution >= 0.6 is 0 Å². The highest BCUT2D eigenvalue weighted by Crippen LogP contribution is 2.39. The molecule has 1 aromatic carbocycles. The van der Waals surface area contributed by atoms with Gasteiger partial charge in [0.1, 0.15) is 17.4 Å². The SMILES string of the molecule is COc1cc(O[Si](C)(C)C(C)(C)C)ccc1C(C#N)C(C)=O. The van der Waals surface area contributed by atoms with E-state index in [0.29, 0.717) is 17.1 Å². The monoisotopic (exact) mass is 319 g/mol. The van der Waals surface area contributed by atoms with Gasteiger partial charge in [-0.15, -0.1) is 0 Å². The van der Waals surface area contributed by atoms with Crippen LogP contribution in [0.4, 0.5) is 0 Å². The van der Waals surface area contributed by atoms with Crippen molar-refractivity contribution in [2.75, 3.05) is 7.11 Å². The van der Waals surface area contributed by atoms with Gasteiger partial charge < -0.3 is 9.16 Å². The van der Waals surface area contributed by atoms with E-state index >= 15 is 0 Å². The van der Waals surface area contributed by atoms with Gasteiger partial charge in [0.05, 0.1) is 13.2 Å². The van der Waals surface area contributed by atoms with Crippen LogP contribution in [0, 0.1) is 11.3 Å². The average Bonchev–Trinajstić information content (AvgIpc) is 2.38. The number of hydrogen-bond donors (Lipinski definition) is 0. The quantitative estimate of drug-likeness (QED) is 0.760. The lowest BCUT2D eigenvalue weighted by atomic mass is 9.96. The van der Waals surface area contributed by atoms with Crippen LogP contribution < -0.4 is 9.16 Å². The summed E-state index contributed by atoms with van der Waals surface area (Å²) >= 11 is 0. The highest BCUT2D eigenvalue weighted by Gasteiger charge is 2.39. The minimum absolute atomic E-state index is 0.0908. The van der Waals surface area contributed by atoms with Crippen molar-refractivity contribution >= 4 is 14.1 Å². The Morgan fingerprint density at radius 3 is 2.32 bits per heavy atom. The minimum Gasteiger partial charge on any atom is -0.543 e. The number of methoxy groups -OCH3 is 1. The normalized spacial score (nSPS) is 13.2. The highest BCUT2D eigenvalue weighted by atomic mass is 28.4. The summed E-state index contributed by atoms with van der Waals surface area (Å²) < 4.78 is 11.6. The van der Waals surface area contributed by atoms with E-state index in [9.17, 15) is 10.1 Å². The Morgan fingerprint density at radius 2 is 1.91 bits per heavy atom. The first kappa shape index (κ1) is 18.2. The van der Waals surface area contributed by atoms with Crippen LogP contribution in [-0.2, 0) is 4.79 Å². The summed E-state index contributed by atoms with van der Waals surface area (Å²) in [6.07, 6.45) is 0. The molecule has 0 radical (unpaired) electrons. The zero-order valence-electron chi connectivity index (χ0n) is 14.5. The van der Waals surface area contributed by atoms with Crippen molar-refractivity contribution in [2.24, 2.45) is 0 Å². The third-order valence-corrected chi connectivity index (χ3v) is 8.59. The van der Waals surface area contributed by atoms with E-state index in [4.69, 9.17) is 9.16 Å². The molecule has 0 aliphatic carbocycles. The molecule has 0 spiro atoms. The largest absolute Gasteiger partial charge is 0.543 e. The molecule has 0 fully saturated rings. The lowest BCUT2D eigenvalue weighted by Gasteiger charge is -2.36. The number of carbonyl (C=O) groups excluding carboxylic acids is 1. The van der Waals surface area contributed by atoms with Crippen molar-refractivity contribution in [1.29, 1.82) is 5.26 Å². The van der Waals surface area contributed by atoms with Gasteiger partial charge in [0.2, 0.25) is 8.32 Å². The second kappa shape index (κ2) is 6.53. The average molecular weight is 319 g/mol. The van der Waals surface area contributed by atoms with Crippen molar-refractivity contribution in [3.63, 3.8) is 0 Å². The summed E-state index contributed by atoms with van der Waals surface area (Å²) in [5.74, 6) is 0.223. The van der Waals surface area contributed by atoms with Crippen molar-refractivity contribution in [1.82, 2.24) is 0 Å². The Bertz CT molecular complexity index is 597.